The third-order valence-electron chi connectivity index (χ3n) is 9.05. The number of hydrogen-bond donors (Lipinski definition) is 2. The molecule has 0 saturated carbocycles. The number of rotatable bonds is 2. The van der Waals surface area contributed by atoms with E-state index in [4.69, 9.17) is 0 Å². The molecule has 37 heavy (non-hydrogen) atoms. The molecule has 3 aromatic rings. The molecular weight excluding hydrogens is 464 g/mol. The summed E-state index contributed by atoms with van der Waals surface area (Å²) in [6, 6.07) is 15.0. The highest BCUT2D eigenvalue weighted by Gasteiger charge is 2.66. The first-order chi connectivity index (χ1) is 18.2. The summed E-state index contributed by atoms with van der Waals surface area (Å²) in [4.78, 5) is 34.9. The number of amides is 2. The highest BCUT2D eigenvalue weighted by molar-refractivity contribution is 6.10. The Labute approximate surface area is 217 Å². The van der Waals surface area contributed by atoms with Crippen LogP contribution in [0.5, 0.6) is 0 Å². The fourth-order valence-corrected chi connectivity index (χ4v) is 7.48. The third kappa shape index (κ3) is 3.53. The van der Waals surface area contributed by atoms with Gasteiger partial charge in [0.15, 0.2) is 0 Å². The van der Waals surface area contributed by atoms with Gasteiger partial charge in [0, 0.05) is 55.4 Å². The van der Waals surface area contributed by atoms with Crippen LogP contribution in [0.3, 0.4) is 0 Å². The van der Waals surface area contributed by atoms with Gasteiger partial charge in [0.1, 0.15) is 5.54 Å². The lowest BCUT2D eigenvalue weighted by molar-refractivity contribution is -0.138. The van der Waals surface area contributed by atoms with Crippen LogP contribution in [-0.4, -0.2) is 70.6 Å². The molecule has 3 saturated heterocycles. The van der Waals surface area contributed by atoms with Gasteiger partial charge in [0.05, 0.1) is 17.6 Å². The first-order valence-corrected chi connectivity index (χ1v) is 13.8. The molecule has 1 aromatic heterocycles. The number of anilines is 1. The molecule has 0 aliphatic carbocycles. The Balaban J connectivity index is 1.20. The highest BCUT2D eigenvalue weighted by atomic mass is 16.2. The Morgan fingerprint density at radius 1 is 1.00 bits per heavy atom. The molecule has 1 spiro atoms. The van der Waals surface area contributed by atoms with Crippen molar-refractivity contribution in [3.63, 3.8) is 0 Å². The Morgan fingerprint density at radius 3 is 2.84 bits per heavy atom. The van der Waals surface area contributed by atoms with Crippen molar-refractivity contribution in [1.82, 2.24) is 25.3 Å². The molecule has 2 aromatic carbocycles. The molecule has 2 amide bonds. The van der Waals surface area contributed by atoms with Gasteiger partial charge in [0.2, 0.25) is 5.91 Å². The summed E-state index contributed by atoms with van der Waals surface area (Å²) in [6.45, 7) is 4.80. The van der Waals surface area contributed by atoms with E-state index in [9.17, 15) is 9.59 Å². The van der Waals surface area contributed by atoms with E-state index in [1.165, 1.54) is 5.56 Å². The second kappa shape index (κ2) is 8.96. The summed E-state index contributed by atoms with van der Waals surface area (Å²) < 4.78 is 0. The molecule has 0 radical (unpaired) electrons. The summed E-state index contributed by atoms with van der Waals surface area (Å²) in [6.07, 6.45) is 6.55. The largest absolute Gasteiger partial charge is 0.356 e. The molecular formula is C29H34N6O2. The molecule has 7 rings (SSSR count). The lowest BCUT2D eigenvalue weighted by Crippen LogP contribution is -2.56. The topological polar surface area (TPSA) is 84.6 Å². The van der Waals surface area contributed by atoms with Crippen LogP contribution in [-0.2, 0) is 21.7 Å². The average Bonchev–Trinajstić information content (AvgIpc) is 3.67. The number of H-pyrrole nitrogens is 1. The lowest BCUT2D eigenvalue weighted by Gasteiger charge is -2.37. The van der Waals surface area contributed by atoms with Crippen LogP contribution in [0.2, 0.25) is 0 Å². The molecule has 8 heteroatoms. The van der Waals surface area contributed by atoms with E-state index in [0.717, 1.165) is 80.4 Å². The van der Waals surface area contributed by atoms with Gasteiger partial charge in [-0.05, 0) is 56.3 Å². The number of nitrogens with zero attached hydrogens (tertiary/aromatic N) is 4. The zero-order chi connectivity index (χ0) is 25.0. The number of para-hydroxylation sites is 1. The van der Waals surface area contributed by atoms with Gasteiger partial charge in [0.25, 0.3) is 5.91 Å². The Morgan fingerprint density at radius 2 is 1.89 bits per heavy atom. The molecule has 0 unspecified atom stereocenters. The van der Waals surface area contributed by atoms with Gasteiger partial charge < -0.3 is 10.2 Å². The monoisotopic (exact) mass is 498 g/mol. The van der Waals surface area contributed by atoms with E-state index in [0.29, 0.717) is 19.1 Å². The molecule has 4 aliphatic heterocycles. The predicted octanol–water partition coefficient (Wildman–Crippen LogP) is 3.00. The van der Waals surface area contributed by atoms with Gasteiger partial charge in [-0.3, -0.25) is 24.5 Å². The highest BCUT2D eigenvalue weighted by Crippen LogP contribution is 2.57. The first-order valence-electron chi connectivity index (χ1n) is 13.8. The molecule has 3 atom stereocenters. The molecule has 2 bridgehead atoms. The maximum Gasteiger partial charge on any atom is 0.253 e. The van der Waals surface area contributed by atoms with Crippen LogP contribution < -0.4 is 10.2 Å². The van der Waals surface area contributed by atoms with Gasteiger partial charge in [-0.2, -0.15) is 5.10 Å². The summed E-state index contributed by atoms with van der Waals surface area (Å²) >= 11 is 0. The summed E-state index contributed by atoms with van der Waals surface area (Å²) in [7, 11) is 0. The standard InChI is InChI=1S/C29H34N6O2/c36-27-24-17-22-6-3-15-35(22)29(24)23-7-1-2-8-26(23)34(28(29)37)14-5-13-33(12-4-11-30-27)19-20-9-10-21-18-31-32-25(21)16-20/h1-2,7-10,16,18,22,24H,3-6,11-15,17,19H2,(H,30,36)(H,31,32)/t22-,24+,29+/m0/s1. The number of aromatic nitrogens is 2. The molecule has 4 aliphatic rings. The number of carbonyl (C=O) groups excluding carboxylic acids is 2. The number of aromatic amines is 1. The van der Waals surface area contributed by atoms with E-state index >= 15 is 0 Å². The van der Waals surface area contributed by atoms with Gasteiger partial charge >= 0.3 is 0 Å². The van der Waals surface area contributed by atoms with Crippen molar-refractivity contribution in [2.75, 3.05) is 37.6 Å². The summed E-state index contributed by atoms with van der Waals surface area (Å²) in [5, 5.41) is 11.6. The minimum Gasteiger partial charge on any atom is -0.356 e. The minimum absolute atomic E-state index is 0.0369. The van der Waals surface area contributed by atoms with Crippen molar-refractivity contribution in [2.45, 2.75) is 50.2 Å². The van der Waals surface area contributed by atoms with Crippen molar-refractivity contribution in [2.24, 2.45) is 5.92 Å². The maximum absolute atomic E-state index is 14.4. The van der Waals surface area contributed by atoms with Gasteiger partial charge in [-0.1, -0.05) is 30.3 Å². The van der Waals surface area contributed by atoms with Crippen molar-refractivity contribution in [3.05, 3.63) is 59.8 Å². The normalized spacial score (nSPS) is 28.8. The summed E-state index contributed by atoms with van der Waals surface area (Å²) in [5.74, 6) is -0.196. The number of hydrogen-bond acceptors (Lipinski definition) is 5. The van der Waals surface area contributed by atoms with E-state index in [-0.39, 0.29) is 17.7 Å². The molecule has 3 fully saturated rings. The molecule has 5 heterocycles. The number of nitrogens with one attached hydrogen (secondary N) is 2. The quantitative estimate of drug-likeness (QED) is 0.568. The van der Waals surface area contributed by atoms with Crippen molar-refractivity contribution in [3.8, 4) is 0 Å². The number of carbonyl (C=O) groups is 2. The Kier molecular flexibility index (Phi) is 5.55. The zero-order valence-corrected chi connectivity index (χ0v) is 21.2. The fraction of sp³-hybridized carbons (Fsp3) is 0.483. The SMILES string of the molecule is O=C1NCCCN(Cc2ccc3cn[nH]c3c2)CCCN2C(=O)[C@@]3(c4ccccc42)[C@@H]1C[C@@H]1CCCN13. The second-order valence-electron chi connectivity index (χ2n) is 11.1. The zero-order valence-electron chi connectivity index (χ0n) is 21.2. The fourth-order valence-electron chi connectivity index (χ4n) is 7.48. The van der Waals surface area contributed by atoms with Gasteiger partial charge in [-0.25, -0.2) is 0 Å². The maximum atomic E-state index is 14.4. The Bertz CT molecular complexity index is 1350. The van der Waals surface area contributed by atoms with Gasteiger partial charge in [-0.15, -0.1) is 0 Å². The van der Waals surface area contributed by atoms with E-state index in [1.54, 1.807) is 0 Å². The van der Waals surface area contributed by atoms with Crippen LogP contribution in [0.1, 0.15) is 43.2 Å². The van der Waals surface area contributed by atoms with Crippen molar-refractivity contribution >= 4 is 28.4 Å². The molecule has 2 N–H and O–H groups in total. The van der Waals surface area contributed by atoms with E-state index in [1.807, 2.05) is 23.2 Å². The minimum atomic E-state index is -0.852. The molecule has 8 nitrogen and oxygen atoms in total. The third-order valence-corrected chi connectivity index (χ3v) is 9.05. The van der Waals surface area contributed by atoms with Crippen LogP contribution >= 0.6 is 0 Å². The van der Waals surface area contributed by atoms with Crippen molar-refractivity contribution in [1.29, 1.82) is 0 Å². The number of fused-ring (bicyclic) bond motifs is 5. The molecule has 192 valence electrons. The predicted molar refractivity (Wildman–Crippen MR) is 142 cm³/mol. The number of benzene rings is 2. The average molecular weight is 499 g/mol. The Hall–Kier alpha value is -3.23. The smallest absolute Gasteiger partial charge is 0.253 e. The lowest BCUT2D eigenvalue weighted by atomic mass is 9.78. The van der Waals surface area contributed by atoms with Crippen LogP contribution in [0.4, 0.5) is 5.69 Å². The van der Waals surface area contributed by atoms with Crippen LogP contribution in [0.15, 0.2) is 48.7 Å². The van der Waals surface area contributed by atoms with Crippen LogP contribution in [0.25, 0.3) is 10.9 Å². The van der Waals surface area contributed by atoms with Crippen LogP contribution in [0, 0.1) is 5.92 Å². The summed E-state index contributed by atoms with van der Waals surface area (Å²) in [5.41, 5.74) is 3.46. The second-order valence-corrected chi connectivity index (χ2v) is 11.1. The van der Waals surface area contributed by atoms with Crippen molar-refractivity contribution < 1.29 is 9.59 Å². The first kappa shape index (κ1) is 22.9. The van der Waals surface area contributed by atoms with E-state index in [2.05, 4.69) is 55.6 Å². The van der Waals surface area contributed by atoms with E-state index < -0.39 is 5.54 Å².